The van der Waals surface area contributed by atoms with Crippen LogP contribution >= 0.6 is 0 Å². The van der Waals surface area contributed by atoms with Gasteiger partial charge in [0.05, 0.1) is 18.2 Å². The number of phenolic OH excluding ortho intramolecular Hbond substituents is 1. The molecule has 0 unspecified atom stereocenters. The van der Waals surface area contributed by atoms with Gasteiger partial charge in [-0.1, -0.05) is 23.3 Å². The summed E-state index contributed by atoms with van der Waals surface area (Å²) in [4.78, 5) is 25.9. The number of ether oxygens (including phenoxy) is 1. The van der Waals surface area contributed by atoms with Crippen LogP contribution < -0.4 is 9.64 Å². The number of hydrogen-bond acceptors (Lipinski definition) is 6. The molecule has 2 atom stereocenters. The highest BCUT2D eigenvalue weighted by Gasteiger charge is 2.44. The smallest absolute Gasteiger partial charge is 0.339 e. The Kier molecular flexibility index (Phi) is 7.56. The molecule has 2 aliphatic rings. The van der Waals surface area contributed by atoms with E-state index in [2.05, 4.69) is 32.9 Å². The van der Waals surface area contributed by atoms with Gasteiger partial charge in [0.1, 0.15) is 28.4 Å². The van der Waals surface area contributed by atoms with E-state index in [1.165, 1.54) is 40.3 Å². The lowest BCUT2D eigenvalue weighted by Crippen LogP contribution is -2.49. The Balaban J connectivity index is 1.57. The SMILES string of the molecule is CC(C)=CCCC(C)=CCC[C@]1(C)Oc2c(c(O)cc3c2CN(c2ccc(C(=O)O)c(O)c2)C3=O)C[C@@H]1O. The monoisotopic (exact) mass is 521 g/mol. The minimum atomic E-state index is -1.27. The molecule has 0 fully saturated rings. The average molecular weight is 522 g/mol. The molecule has 2 aromatic carbocycles. The number of carbonyl (C=O) groups is 2. The van der Waals surface area contributed by atoms with Crippen LogP contribution in [-0.4, -0.2) is 44.0 Å². The summed E-state index contributed by atoms with van der Waals surface area (Å²) >= 11 is 0. The Hall–Kier alpha value is -3.78. The van der Waals surface area contributed by atoms with Gasteiger partial charge in [-0.3, -0.25) is 4.79 Å². The Morgan fingerprint density at radius 3 is 2.50 bits per heavy atom. The van der Waals surface area contributed by atoms with E-state index in [1.807, 2.05) is 6.92 Å². The number of aliphatic hydroxyl groups excluding tert-OH is 1. The molecule has 2 heterocycles. The first-order valence-electron chi connectivity index (χ1n) is 12.8. The van der Waals surface area contributed by atoms with Gasteiger partial charge in [0, 0.05) is 29.3 Å². The number of carbonyl (C=O) groups excluding carboxylic acids is 1. The molecular weight excluding hydrogens is 486 g/mol. The number of rotatable bonds is 8. The number of aromatic carboxylic acids is 1. The number of allylic oxidation sites excluding steroid dienone is 4. The van der Waals surface area contributed by atoms with Crippen molar-refractivity contribution in [3.05, 3.63) is 69.8 Å². The van der Waals surface area contributed by atoms with E-state index in [0.717, 1.165) is 12.8 Å². The van der Waals surface area contributed by atoms with E-state index in [-0.39, 0.29) is 29.8 Å². The molecule has 2 aromatic rings. The lowest BCUT2D eigenvalue weighted by atomic mass is 9.84. The lowest BCUT2D eigenvalue weighted by molar-refractivity contribution is -0.0597. The third kappa shape index (κ3) is 5.27. The number of aromatic hydroxyl groups is 2. The van der Waals surface area contributed by atoms with E-state index >= 15 is 0 Å². The summed E-state index contributed by atoms with van der Waals surface area (Å²) in [5.41, 5.74) is 3.05. The molecule has 4 N–H and O–H groups in total. The van der Waals surface area contributed by atoms with Gasteiger partial charge >= 0.3 is 5.97 Å². The maximum atomic E-state index is 13.3. The second kappa shape index (κ2) is 10.5. The molecule has 0 saturated carbocycles. The predicted molar refractivity (Wildman–Crippen MR) is 144 cm³/mol. The zero-order valence-corrected chi connectivity index (χ0v) is 22.2. The summed E-state index contributed by atoms with van der Waals surface area (Å²) in [6, 6.07) is 5.33. The van der Waals surface area contributed by atoms with Gasteiger partial charge in [-0.05, 0) is 71.6 Å². The van der Waals surface area contributed by atoms with E-state index in [0.29, 0.717) is 35.4 Å². The van der Waals surface area contributed by atoms with Crippen LogP contribution in [-0.2, 0) is 13.0 Å². The number of fused-ring (bicyclic) bond motifs is 3. The van der Waals surface area contributed by atoms with Crippen LogP contribution in [0.25, 0.3) is 0 Å². The molecule has 0 bridgehead atoms. The lowest BCUT2D eigenvalue weighted by Gasteiger charge is -2.40. The van der Waals surface area contributed by atoms with Gasteiger partial charge in [0.25, 0.3) is 5.91 Å². The standard InChI is InChI=1S/C30H35NO7/c1-17(2)7-5-8-18(3)9-6-12-30(4)26(34)15-22-25(33)14-21-23(27(22)38-30)16-31(28(21)35)19-10-11-20(29(36)37)24(32)13-19/h7,9-11,13-14,26,32-34H,5-6,8,12,15-16H2,1-4H3,(H,36,37)/t26-,30-/m0/s1. The van der Waals surface area contributed by atoms with Crippen LogP contribution in [0, 0.1) is 0 Å². The number of aliphatic hydroxyl groups is 1. The Morgan fingerprint density at radius 2 is 1.84 bits per heavy atom. The highest BCUT2D eigenvalue weighted by molar-refractivity contribution is 6.11. The molecule has 4 rings (SSSR count). The number of carboxylic acids is 1. The molecule has 0 radical (unpaired) electrons. The second-order valence-electron chi connectivity index (χ2n) is 10.7. The number of nitrogens with zero attached hydrogens (tertiary/aromatic N) is 1. The van der Waals surface area contributed by atoms with Crippen molar-refractivity contribution in [2.45, 2.75) is 78.0 Å². The van der Waals surface area contributed by atoms with Crippen LogP contribution in [0.2, 0.25) is 0 Å². The number of amides is 1. The minimum absolute atomic E-state index is 0.117. The molecule has 0 aliphatic carbocycles. The summed E-state index contributed by atoms with van der Waals surface area (Å²) in [6.45, 7) is 8.24. The molecular formula is C30H35NO7. The third-order valence-electron chi connectivity index (χ3n) is 7.44. The average Bonchev–Trinajstić information content (AvgIpc) is 3.16. The first kappa shape index (κ1) is 27.3. The van der Waals surface area contributed by atoms with Gasteiger partial charge in [-0.2, -0.15) is 0 Å². The number of hydrogen-bond donors (Lipinski definition) is 4. The second-order valence-corrected chi connectivity index (χ2v) is 10.7. The fourth-order valence-electron chi connectivity index (χ4n) is 5.08. The Bertz CT molecular complexity index is 1340. The van der Waals surface area contributed by atoms with Gasteiger partial charge in [-0.25, -0.2) is 4.79 Å². The summed E-state index contributed by atoms with van der Waals surface area (Å²) in [7, 11) is 0. The highest BCUT2D eigenvalue weighted by atomic mass is 16.5. The number of anilines is 1. The van der Waals surface area contributed by atoms with Gasteiger partial charge < -0.3 is 30.1 Å². The first-order valence-corrected chi connectivity index (χ1v) is 12.8. The quantitative estimate of drug-likeness (QED) is 0.339. The molecule has 8 nitrogen and oxygen atoms in total. The van der Waals surface area contributed by atoms with E-state index in [4.69, 9.17) is 4.74 Å². The summed E-state index contributed by atoms with van der Waals surface area (Å²) in [6.07, 6.45) is 6.95. The maximum absolute atomic E-state index is 13.3. The van der Waals surface area contributed by atoms with Crippen molar-refractivity contribution in [1.29, 1.82) is 0 Å². The van der Waals surface area contributed by atoms with Crippen LogP contribution in [0.1, 0.15) is 85.2 Å². The molecule has 0 saturated heterocycles. The highest BCUT2D eigenvalue weighted by Crippen LogP contribution is 2.47. The molecule has 1 amide bonds. The topological polar surface area (TPSA) is 128 Å². The minimum Gasteiger partial charge on any atom is -0.508 e. The fraction of sp³-hybridized carbons (Fsp3) is 0.400. The zero-order chi connectivity index (χ0) is 27.8. The number of benzene rings is 2. The van der Waals surface area contributed by atoms with Crippen LogP contribution in [0.4, 0.5) is 5.69 Å². The number of phenols is 2. The van der Waals surface area contributed by atoms with Crippen LogP contribution in [0.15, 0.2) is 47.6 Å². The van der Waals surface area contributed by atoms with Crippen molar-refractivity contribution in [3.8, 4) is 17.2 Å². The van der Waals surface area contributed by atoms with Gasteiger partial charge in [-0.15, -0.1) is 0 Å². The van der Waals surface area contributed by atoms with Crippen molar-refractivity contribution in [2.24, 2.45) is 0 Å². The zero-order valence-electron chi connectivity index (χ0n) is 22.2. The van der Waals surface area contributed by atoms with Crippen molar-refractivity contribution >= 4 is 17.6 Å². The van der Waals surface area contributed by atoms with E-state index < -0.39 is 29.3 Å². The van der Waals surface area contributed by atoms with E-state index in [9.17, 15) is 30.0 Å². The van der Waals surface area contributed by atoms with Gasteiger partial charge in [0.15, 0.2) is 0 Å². The van der Waals surface area contributed by atoms with Crippen LogP contribution in [0.5, 0.6) is 17.2 Å². The molecule has 202 valence electrons. The molecule has 38 heavy (non-hydrogen) atoms. The molecule has 2 aliphatic heterocycles. The normalized spacial score (nSPS) is 20.6. The molecule has 0 aromatic heterocycles. The van der Waals surface area contributed by atoms with Crippen LogP contribution in [0.3, 0.4) is 0 Å². The van der Waals surface area contributed by atoms with Crippen molar-refractivity contribution in [2.75, 3.05) is 4.90 Å². The molecule has 8 heteroatoms. The Labute approximate surface area is 222 Å². The number of carboxylic acid groups (broad SMARTS) is 1. The van der Waals surface area contributed by atoms with Crippen molar-refractivity contribution < 1.29 is 34.8 Å². The van der Waals surface area contributed by atoms with Crippen molar-refractivity contribution in [1.82, 2.24) is 0 Å². The van der Waals surface area contributed by atoms with Gasteiger partial charge in [0.2, 0.25) is 0 Å². The summed E-state index contributed by atoms with van der Waals surface area (Å²) in [5.74, 6) is -1.83. The maximum Gasteiger partial charge on any atom is 0.339 e. The summed E-state index contributed by atoms with van der Waals surface area (Å²) in [5, 5.41) is 41.0. The summed E-state index contributed by atoms with van der Waals surface area (Å²) < 4.78 is 6.40. The molecule has 0 spiro atoms. The third-order valence-corrected chi connectivity index (χ3v) is 7.44. The van der Waals surface area contributed by atoms with E-state index in [1.54, 1.807) is 0 Å². The fourth-order valence-corrected chi connectivity index (χ4v) is 5.08. The largest absolute Gasteiger partial charge is 0.508 e. The predicted octanol–water partition coefficient (Wildman–Crippen LogP) is 5.48. The Morgan fingerprint density at radius 1 is 1.11 bits per heavy atom. The van der Waals surface area contributed by atoms with Crippen molar-refractivity contribution in [3.63, 3.8) is 0 Å². The first-order chi connectivity index (χ1) is 17.9.